The van der Waals surface area contributed by atoms with E-state index in [0.717, 1.165) is 16.5 Å². The SMILES string of the molecule is Cc1cccc2cc(/C=N\NC(=O)COc3ccccc3F)c(Cl)nc12. The number of aryl methyl sites for hydroxylation is 1. The fourth-order valence-corrected chi connectivity index (χ4v) is 2.53. The topological polar surface area (TPSA) is 63.6 Å². The van der Waals surface area contributed by atoms with E-state index in [1.165, 1.54) is 24.4 Å². The summed E-state index contributed by atoms with van der Waals surface area (Å²) in [5.74, 6) is -1.05. The van der Waals surface area contributed by atoms with Gasteiger partial charge in [0.15, 0.2) is 18.2 Å². The van der Waals surface area contributed by atoms with Gasteiger partial charge in [0.1, 0.15) is 5.15 Å². The van der Waals surface area contributed by atoms with Crippen LogP contribution < -0.4 is 10.2 Å². The molecule has 0 unspecified atom stereocenters. The molecular weight excluding hydrogens is 357 g/mol. The molecule has 0 saturated carbocycles. The summed E-state index contributed by atoms with van der Waals surface area (Å²) in [5, 5.41) is 5.05. The normalized spacial score (nSPS) is 11.0. The van der Waals surface area contributed by atoms with E-state index >= 15 is 0 Å². The number of carbonyl (C=O) groups excluding carboxylic acids is 1. The Morgan fingerprint density at radius 1 is 1.31 bits per heavy atom. The molecule has 0 atom stereocenters. The van der Waals surface area contributed by atoms with E-state index in [-0.39, 0.29) is 17.5 Å². The highest BCUT2D eigenvalue weighted by molar-refractivity contribution is 6.32. The van der Waals surface area contributed by atoms with E-state index in [9.17, 15) is 9.18 Å². The first kappa shape index (κ1) is 17.8. The second-order valence-electron chi connectivity index (χ2n) is 5.53. The number of aromatic nitrogens is 1. The molecule has 3 aromatic rings. The number of hydrogen-bond donors (Lipinski definition) is 1. The van der Waals surface area contributed by atoms with E-state index < -0.39 is 11.7 Å². The fourth-order valence-electron chi connectivity index (χ4n) is 2.34. The number of hydrazone groups is 1. The summed E-state index contributed by atoms with van der Waals surface area (Å²) in [4.78, 5) is 16.1. The molecule has 26 heavy (non-hydrogen) atoms. The van der Waals surface area contributed by atoms with Crippen molar-refractivity contribution in [1.29, 1.82) is 0 Å². The second kappa shape index (κ2) is 7.93. The highest BCUT2D eigenvalue weighted by Gasteiger charge is 2.07. The van der Waals surface area contributed by atoms with Crippen molar-refractivity contribution in [1.82, 2.24) is 10.4 Å². The number of nitrogens with zero attached hydrogens (tertiary/aromatic N) is 2. The van der Waals surface area contributed by atoms with Crippen LogP contribution in [0, 0.1) is 12.7 Å². The van der Waals surface area contributed by atoms with Crippen molar-refractivity contribution in [2.75, 3.05) is 6.61 Å². The number of para-hydroxylation sites is 2. The zero-order valence-electron chi connectivity index (χ0n) is 13.9. The molecule has 1 heterocycles. The summed E-state index contributed by atoms with van der Waals surface area (Å²) >= 11 is 6.17. The van der Waals surface area contributed by atoms with Gasteiger partial charge in [0.05, 0.1) is 11.7 Å². The first-order valence-electron chi connectivity index (χ1n) is 7.79. The third-order valence-corrected chi connectivity index (χ3v) is 3.92. The number of hydrogen-bond acceptors (Lipinski definition) is 4. The van der Waals surface area contributed by atoms with Crippen LogP contribution in [0.5, 0.6) is 5.75 Å². The fraction of sp³-hybridized carbons (Fsp3) is 0.105. The summed E-state index contributed by atoms with van der Waals surface area (Å²) in [5.41, 5.74) is 4.71. The number of rotatable bonds is 5. The van der Waals surface area contributed by atoms with Crippen LogP contribution in [0.25, 0.3) is 10.9 Å². The largest absolute Gasteiger partial charge is 0.481 e. The van der Waals surface area contributed by atoms with Crippen molar-refractivity contribution in [2.24, 2.45) is 5.10 Å². The van der Waals surface area contributed by atoms with E-state index in [1.807, 2.05) is 31.2 Å². The summed E-state index contributed by atoms with van der Waals surface area (Å²) < 4.78 is 18.5. The van der Waals surface area contributed by atoms with Crippen LogP contribution >= 0.6 is 11.6 Å². The van der Waals surface area contributed by atoms with Gasteiger partial charge in [-0.25, -0.2) is 14.8 Å². The van der Waals surface area contributed by atoms with E-state index in [4.69, 9.17) is 16.3 Å². The molecule has 1 aromatic heterocycles. The lowest BCUT2D eigenvalue weighted by Crippen LogP contribution is -2.24. The Kier molecular flexibility index (Phi) is 5.43. The number of halogens is 2. The molecule has 0 saturated heterocycles. The van der Waals surface area contributed by atoms with Crippen molar-refractivity contribution in [3.8, 4) is 5.75 Å². The lowest BCUT2D eigenvalue weighted by Gasteiger charge is -2.06. The highest BCUT2D eigenvalue weighted by Crippen LogP contribution is 2.21. The zero-order valence-corrected chi connectivity index (χ0v) is 14.6. The molecular formula is C19H15ClFN3O2. The van der Waals surface area contributed by atoms with Gasteiger partial charge < -0.3 is 4.74 Å². The Balaban J connectivity index is 1.63. The minimum absolute atomic E-state index is 0.00349. The van der Waals surface area contributed by atoms with Crippen molar-refractivity contribution in [2.45, 2.75) is 6.92 Å². The van der Waals surface area contributed by atoms with Gasteiger partial charge in [-0.3, -0.25) is 4.79 Å². The Bertz CT molecular complexity index is 992. The average Bonchev–Trinajstić information content (AvgIpc) is 2.62. The lowest BCUT2D eigenvalue weighted by molar-refractivity contribution is -0.123. The standard InChI is InChI=1S/C19H15ClFN3O2/c1-12-5-4-6-13-9-14(19(20)23-18(12)13)10-22-24-17(25)11-26-16-8-3-2-7-15(16)21/h2-10H,11H2,1H3,(H,24,25)/b22-10-. The van der Waals surface area contributed by atoms with Crippen molar-refractivity contribution in [3.05, 3.63) is 70.6 Å². The van der Waals surface area contributed by atoms with Crippen LogP contribution in [0.3, 0.4) is 0 Å². The van der Waals surface area contributed by atoms with Crippen molar-refractivity contribution < 1.29 is 13.9 Å². The summed E-state index contributed by atoms with van der Waals surface area (Å²) in [6.45, 7) is 1.59. The molecule has 0 fully saturated rings. The molecule has 0 radical (unpaired) electrons. The highest BCUT2D eigenvalue weighted by atomic mass is 35.5. The number of ether oxygens (including phenoxy) is 1. The third-order valence-electron chi connectivity index (χ3n) is 3.62. The van der Waals surface area contributed by atoms with Crippen LogP contribution in [0.4, 0.5) is 4.39 Å². The Labute approximate surface area is 154 Å². The molecule has 0 aliphatic heterocycles. The molecule has 1 N–H and O–H groups in total. The maximum atomic E-state index is 13.4. The molecule has 0 aliphatic carbocycles. The number of amides is 1. The van der Waals surface area contributed by atoms with Gasteiger partial charge >= 0.3 is 0 Å². The Morgan fingerprint density at radius 2 is 2.12 bits per heavy atom. The van der Waals surface area contributed by atoms with Crippen LogP contribution in [0.1, 0.15) is 11.1 Å². The van der Waals surface area contributed by atoms with Gasteiger partial charge in [-0.1, -0.05) is 41.9 Å². The number of carbonyl (C=O) groups is 1. The molecule has 2 aromatic carbocycles. The maximum absolute atomic E-state index is 13.4. The molecule has 1 amide bonds. The monoisotopic (exact) mass is 371 g/mol. The number of benzene rings is 2. The quantitative estimate of drug-likeness (QED) is 0.421. The van der Waals surface area contributed by atoms with E-state index in [0.29, 0.717) is 5.56 Å². The number of fused-ring (bicyclic) bond motifs is 1. The van der Waals surface area contributed by atoms with Gasteiger partial charge in [-0.05, 0) is 30.7 Å². The molecule has 7 heteroatoms. The van der Waals surface area contributed by atoms with Crippen LogP contribution in [0.2, 0.25) is 5.15 Å². The van der Waals surface area contributed by atoms with Gasteiger partial charge in [0, 0.05) is 10.9 Å². The number of pyridine rings is 1. The second-order valence-corrected chi connectivity index (χ2v) is 5.89. The summed E-state index contributed by atoms with van der Waals surface area (Å²) in [7, 11) is 0. The smallest absolute Gasteiger partial charge is 0.277 e. The third kappa shape index (κ3) is 4.15. The van der Waals surface area contributed by atoms with Crippen LogP contribution in [-0.4, -0.2) is 23.7 Å². The van der Waals surface area contributed by atoms with Gasteiger partial charge in [-0.2, -0.15) is 5.10 Å². The predicted octanol–water partition coefficient (Wildman–Crippen LogP) is 3.86. The molecule has 5 nitrogen and oxygen atoms in total. The molecule has 132 valence electrons. The van der Waals surface area contributed by atoms with E-state index in [2.05, 4.69) is 15.5 Å². The summed E-state index contributed by atoms with van der Waals surface area (Å²) in [6.07, 6.45) is 1.40. The average molecular weight is 372 g/mol. The Morgan fingerprint density at radius 3 is 2.92 bits per heavy atom. The maximum Gasteiger partial charge on any atom is 0.277 e. The molecule has 0 aliphatic rings. The van der Waals surface area contributed by atoms with Crippen LogP contribution in [-0.2, 0) is 4.79 Å². The lowest BCUT2D eigenvalue weighted by atomic mass is 10.1. The molecule has 3 rings (SSSR count). The Hall–Kier alpha value is -2.99. The summed E-state index contributed by atoms with van der Waals surface area (Å²) in [6, 6.07) is 13.5. The first-order valence-corrected chi connectivity index (χ1v) is 8.17. The number of nitrogens with one attached hydrogen (secondary N) is 1. The molecule has 0 spiro atoms. The van der Waals surface area contributed by atoms with Crippen molar-refractivity contribution >= 4 is 34.6 Å². The van der Waals surface area contributed by atoms with Gasteiger partial charge in [0.25, 0.3) is 5.91 Å². The predicted molar refractivity (Wildman–Crippen MR) is 99.1 cm³/mol. The van der Waals surface area contributed by atoms with Gasteiger partial charge in [-0.15, -0.1) is 0 Å². The first-order chi connectivity index (χ1) is 12.5. The minimum Gasteiger partial charge on any atom is -0.481 e. The molecule has 0 bridgehead atoms. The van der Waals surface area contributed by atoms with Gasteiger partial charge in [0.2, 0.25) is 0 Å². The minimum atomic E-state index is -0.534. The zero-order chi connectivity index (χ0) is 18.5. The van der Waals surface area contributed by atoms with Crippen LogP contribution in [0.15, 0.2) is 53.6 Å². The van der Waals surface area contributed by atoms with Crippen molar-refractivity contribution in [3.63, 3.8) is 0 Å². The van der Waals surface area contributed by atoms with E-state index in [1.54, 1.807) is 6.07 Å².